The third-order valence-electron chi connectivity index (χ3n) is 3.64. The molecule has 1 aliphatic rings. The molecular formula is C16H21BrN2O2. The summed E-state index contributed by atoms with van der Waals surface area (Å²) in [6, 6.07) is 10.0. The van der Waals surface area contributed by atoms with Crippen molar-refractivity contribution < 1.29 is 9.59 Å². The quantitative estimate of drug-likeness (QED) is 0.765. The Labute approximate surface area is 134 Å². The summed E-state index contributed by atoms with van der Waals surface area (Å²) in [6.07, 6.45) is 1.92. The van der Waals surface area contributed by atoms with Crippen molar-refractivity contribution in [1.29, 1.82) is 0 Å². The van der Waals surface area contributed by atoms with Crippen molar-refractivity contribution in [2.24, 2.45) is 5.92 Å². The minimum atomic E-state index is 0.0726. The number of nitrogens with zero attached hydrogens (tertiary/aromatic N) is 1. The Morgan fingerprint density at radius 2 is 2.10 bits per heavy atom. The highest BCUT2D eigenvalue weighted by atomic mass is 79.9. The molecule has 4 nitrogen and oxygen atoms in total. The third kappa shape index (κ3) is 5.16. The highest BCUT2D eigenvalue weighted by molar-refractivity contribution is 9.09. The predicted molar refractivity (Wildman–Crippen MR) is 86.0 cm³/mol. The van der Waals surface area contributed by atoms with Crippen molar-refractivity contribution in [3.05, 3.63) is 35.9 Å². The molecule has 1 N–H and O–H groups in total. The molecule has 114 valence electrons. The second kappa shape index (κ2) is 8.17. The van der Waals surface area contributed by atoms with E-state index >= 15 is 0 Å². The van der Waals surface area contributed by atoms with Gasteiger partial charge in [-0.25, -0.2) is 0 Å². The van der Waals surface area contributed by atoms with E-state index in [9.17, 15) is 9.59 Å². The van der Waals surface area contributed by atoms with Gasteiger partial charge in [-0.15, -0.1) is 0 Å². The number of likely N-dealkylation sites (tertiary alicyclic amines) is 1. The van der Waals surface area contributed by atoms with Crippen LogP contribution >= 0.6 is 15.9 Å². The monoisotopic (exact) mass is 352 g/mol. The molecule has 1 aliphatic heterocycles. The van der Waals surface area contributed by atoms with Crippen LogP contribution in [0.15, 0.2) is 30.3 Å². The molecule has 1 aromatic carbocycles. The van der Waals surface area contributed by atoms with Crippen LogP contribution < -0.4 is 5.32 Å². The number of benzene rings is 1. The van der Waals surface area contributed by atoms with Gasteiger partial charge in [0.2, 0.25) is 11.8 Å². The highest BCUT2D eigenvalue weighted by Gasteiger charge is 2.29. The third-order valence-corrected chi connectivity index (χ3v) is 4.20. The van der Waals surface area contributed by atoms with E-state index in [2.05, 4.69) is 21.2 Å². The molecule has 1 atom stereocenters. The Morgan fingerprint density at radius 3 is 2.81 bits per heavy atom. The summed E-state index contributed by atoms with van der Waals surface area (Å²) in [5, 5.41) is 3.77. The Bertz CT molecular complexity index is 478. The molecule has 5 heteroatoms. The molecule has 0 aliphatic carbocycles. The molecule has 1 unspecified atom stereocenters. The maximum Gasteiger partial charge on any atom is 0.223 e. The van der Waals surface area contributed by atoms with Gasteiger partial charge < -0.3 is 10.2 Å². The molecule has 1 saturated heterocycles. The molecular weight excluding hydrogens is 332 g/mol. The summed E-state index contributed by atoms with van der Waals surface area (Å²) in [5.41, 5.74) is 1.15. The smallest absolute Gasteiger partial charge is 0.223 e. The maximum absolute atomic E-state index is 12.0. The van der Waals surface area contributed by atoms with Crippen molar-refractivity contribution >= 4 is 27.7 Å². The molecule has 0 spiro atoms. The summed E-state index contributed by atoms with van der Waals surface area (Å²) < 4.78 is 0. The van der Waals surface area contributed by atoms with Crippen molar-refractivity contribution in [3.63, 3.8) is 0 Å². The van der Waals surface area contributed by atoms with Gasteiger partial charge in [0.1, 0.15) is 0 Å². The molecule has 0 bridgehead atoms. The zero-order valence-corrected chi connectivity index (χ0v) is 13.6. The zero-order chi connectivity index (χ0) is 15.1. The lowest BCUT2D eigenvalue weighted by atomic mass is 10.1. The summed E-state index contributed by atoms with van der Waals surface area (Å²) in [4.78, 5) is 25.5. The number of amides is 2. The van der Waals surface area contributed by atoms with E-state index in [1.54, 1.807) is 0 Å². The number of alkyl halides is 1. The number of carbonyl (C=O) groups is 2. The normalized spacial score (nSPS) is 18.0. The molecule has 1 heterocycles. The van der Waals surface area contributed by atoms with Gasteiger partial charge in [-0.1, -0.05) is 46.3 Å². The minimum Gasteiger partial charge on any atom is -0.356 e. The van der Waals surface area contributed by atoms with Crippen molar-refractivity contribution in [1.82, 2.24) is 10.2 Å². The standard InChI is InChI=1S/C16H21BrN2O2/c17-8-4-7-15(20)18-10-14-9-16(21)19(12-14)11-13-5-2-1-3-6-13/h1-3,5-6,14H,4,7-12H2,(H,18,20). The van der Waals surface area contributed by atoms with Crippen LogP contribution in [-0.2, 0) is 16.1 Å². The van der Waals surface area contributed by atoms with E-state index in [1.165, 1.54) is 0 Å². The van der Waals surface area contributed by atoms with Gasteiger partial charge in [0.25, 0.3) is 0 Å². The molecule has 2 rings (SSSR count). The second-order valence-corrected chi connectivity index (χ2v) is 6.22. The largest absolute Gasteiger partial charge is 0.356 e. The molecule has 0 radical (unpaired) electrons. The Kier molecular flexibility index (Phi) is 6.23. The molecule has 0 saturated carbocycles. The zero-order valence-electron chi connectivity index (χ0n) is 12.1. The van der Waals surface area contributed by atoms with Crippen molar-refractivity contribution in [2.75, 3.05) is 18.4 Å². The van der Waals surface area contributed by atoms with Gasteiger partial charge in [0, 0.05) is 43.7 Å². The lowest BCUT2D eigenvalue weighted by Crippen LogP contribution is -2.31. The number of rotatable bonds is 7. The fourth-order valence-electron chi connectivity index (χ4n) is 2.52. The van der Waals surface area contributed by atoms with Crippen LogP contribution in [0.1, 0.15) is 24.8 Å². The average molecular weight is 353 g/mol. The number of hydrogen-bond acceptors (Lipinski definition) is 2. The van der Waals surface area contributed by atoms with Crippen molar-refractivity contribution in [3.8, 4) is 0 Å². The van der Waals surface area contributed by atoms with Gasteiger partial charge in [-0.3, -0.25) is 9.59 Å². The number of halogens is 1. The van der Waals surface area contributed by atoms with Crippen molar-refractivity contribution in [2.45, 2.75) is 25.8 Å². The summed E-state index contributed by atoms with van der Waals surface area (Å²) in [5.74, 6) is 0.483. The lowest BCUT2D eigenvalue weighted by molar-refractivity contribution is -0.128. The van der Waals surface area contributed by atoms with E-state index in [4.69, 9.17) is 0 Å². The Morgan fingerprint density at radius 1 is 1.33 bits per heavy atom. The average Bonchev–Trinajstić information content (AvgIpc) is 2.84. The second-order valence-electron chi connectivity index (χ2n) is 5.43. The SMILES string of the molecule is O=C(CCCBr)NCC1CC(=O)N(Cc2ccccc2)C1. The first-order valence-corrected chi connectivity index (χ1v) is 8.45. The first-order chi connectivity index (χ1) is 10.2. The maximum atomic E-state index is 12.0. The van der Waals surface area contributed by atoms with E-state index in [-0.39, 0.29) is 17.7 Å². The van der Waals surface area contributed by atoms with E-state index in [1.807, 2.05) is 35.2 Å². The minimum absolute atomic E-state index is 0.0726. The van der Waals surface area contributed by atoms with E-state index in [0.29, 0.717) is 25.9 Å². The number of hydrogen-bond donors (Lipinski definition) is 1. The van der Waals surface area contributed by atoms with Crippen LogP contribution in [0.4, 0.5) is 0 Å². The van der Waals surface area contributed by atoms with Gasteiger partial charge in [-0.05, 0) is 12.0 Å². The fourth-order valence-corrected chi connectivity index (χ4v) is 2.80. The predicted octanol–water partition coefficient (Wildman–Crippen LogP) is 2.33. The number of nitrogens with one attached hydrogen (secondary N) is 1. The molecule has 1 fully saturated rings. The summed E-state index contributed by atoms with van der Waals surface area (Å²) >= 11 is 3.31. The molecule has 1 aromatic rings. The number of carbonyl (C=O) groups excluding carboxylic acids is 2. The summed E-state index contributed by atoms with van der Waals surface area (Å²) in [6.45, 7) is 1.98. The van der Waals surface area contributed by atoms with Crippen LogP contribution in [0, 0.1) is 5.92 Å². The highest BCUT2D eigenvalue weighted by Crippen LogP contribution is 2.19. The van der Waals surface area contributed by atoms with Gasteiger partial charge >= 0.3 is 0 Å². The van der Waals surface area contributed by atoms with Crippen LogP contribution in [0.2, 0.25) is 0 Å². The van der Waals surface area contributed by atoms with E-state index < -0.39 is 0 Å². The van der Waals surface area contributed by atoms with Crippen LogP contribution in [0.5, 0.6) is 0 Å². The Balaban J connectivity index is 1.76. The first kappa shape index (κ1) is 16.0. The molecule has 0 aromatic heterocycles. The topological polar surface area (TPSA) is 49.4 Å². The molecule has 2 amide bonds. The van der Waals surface area contributed by atoms with Gasteiger partial charge in [0.15, 0.2) is 0 Å². The fraction of sp³-hybridized carbons (Fsp3) is 0.500. The lowest BCUT2D eigenvalue weighted by Gasteiger charge is -2.17. The van der Waals surface area contributed by atoms with Crippen LogP contribution in [0.3, 0.4) is 0 Å². The Hall–Kier alpha value is -1.36. The first-order valence-electron chi connectivity index (χ1n) is 7.33. The van der Waals surface area contributed by atoms with Gasteiger partial charge in [0.05, 0.1) is 0 Å². The van der Waals surface area contributed by atoms with Crippen LogP contribution in [0.25, 0.3) is 0 Å². The molecule has 21 heavy (non-hydrogen) atoms. The summed E-state index contributed by atoms with van der Waals surface area (Å²) in [7, 11) is 0. The van der Waals surface area contributed by atoms with E-state index in [0.717, 1.165) is 23.9 Å². The van der Waals surface area contributed by atoms with Crippen LogP contribution in [-0.4, -0.2) is 35.1 Å². The van der Waals surface area contributed by atoms with Gasteiger partial charge in [-0.2, -0.15) is 0 Å².